The minimum absolute atomic E-state index is 0.108. The molecule has 4 atom stereocenters. The van der Waals surface area contributed by atoms with E-state index in [-0.39, 0.29) is 29.4 Å². The molecule has 2 heterocycles. The Balaban J connectivity index is 2.02. The summed E-state index contributed by atoms with van der Waals surface area (Å²) in [6, 6.07) is 0. The lowest BCUT2D eigenvalue weighted by Crippen LogP contribution is -2.60. The molecule has 0 amide bonds. The monoisotopic (exact) mass is 294 g/mol. The smallest absolute Gasteiger partial charge is 0.322 e. The van der Waals surface area contributed by atoms with Gasteiger partial charge >= 0.3 is 5.97 Å². The molecular weight excluding hydrogens is 268 g/mol. The third-order valence-electron chi connectivity index (χ3n) is 5.77. The van der Waals surface area contributed by atoms with E-state index >= 15 is 0 Å². The van der Waals surface area contributed by atoms with Crippen LogP contribution in [0.2, 0.25) is 0 Å². The van der Waals surface area contributed by atoms with Crippen LogP contribution in [0.5, 0.6) is 0 Å². The van der Waals surface area contributed by atoms with Gasteiger partial charge in [0, 0.05) is 5.92 Å². The second-order valence-corrected chi connectivity index (χ2v) is 6.81. The largest absolute Gasteiger partial charge is 0.465 e. The Morgan fingerprint density at radius 1 is 1.29 bits per heavy atom. The zero-order valence-electron chi connectivity index (χ0n) is 13.2. The van der Waals surface area contributed by atoms with Gasteiger partial charge in [0.2, 0.25) is 0 Å². The van der Waals surface area contributed by atoms with E-state index in [0.717, 1.165) is 44.9 Å². The number of carbonyl (C=O) groups excluding carboxylic acids is 2. The summed E-state index contributed by atoms with van der Waals surface area (Å²) in [7, 11) is 0. The number of Topliss-reactive ketones (excluding diaryl/α,β-unsaturated/α-hetero) is 1. The average molecular weight is 294 g/mol. The highest BCUT2D eigenvalue weighted by atomic mass is 16.5. The number of ketones is 1. The third-order valence-corrected chi connectivity index (χ3v) is 5.77. The van der Waals surface area contributed by atoms with Gasteiger partial charge in [0.15, 0.2) is 11.2 Å². The summed E-state index contributed by atoms with van der Waals surface area (Å²) in [5, 5.41) is 0. The molecule has 2 aliphatic heterocycles. The molecule has 3 aliphatic rings. The van der Waals surface area contributed by atoms with Crippen molar-refractivity contribution in [2.45, 2.75) is 76.9 Å². The quantitative estimate of drug-likeness (QED) is 0.591. The molecule has 3 fully saturated rings. The van der Waals surface area contributed by atoms with Crippen LogP contribution in [0, 0.1) is 11.3 Å². The lowest BCUT2D eigenvalue weighted by atomic mass is 9.67. The first-order valence-corrected chi connectivity index (χ1v) is 8.50. The molecular formula is C17H26O4. The first kappa shape index (κ1) is 15.0. The molecule has 0 aromatic rings. The van der Waals surface area contributed by atoms with E-state index in [0.29, 0.717) is 13.0 Å². The number of fused-ring (bicyclic) bond motifs is 6. The summed E-state index contributed by atoms with van der Waals surface area (Å²) >= 11 is 0. The summed E-state index contributed by atoms with van der Waals surface area (Å²) in [6.07, 6.45) is 6.83. The van der Waals surface area contributed by atoms with Crippen LogP contribution >= 0.6 is 0 Å². The van der Waals surface area contributed by atoms with Crippen LogP contribution in [0.15, 0.2) is 0 Å². The van der Waals surface area contributed by atoms with Crippen molar-refractivity contribution in [1.29, 1.82) is 0 Å². The summed E-state index contributed by atoms with van der Waals surface area (Å²) in [5.74, 6) is -0.317. The maximum absolute atomic E-state index is 13.2. The summed E-state index contributed by atoms with van der Waals surface area (Å²) in [6.45, 7) is 4.26. The van der Waals surface area contributed by atoms with Gasteiger partial charge in [0.1, 0.15) is 0 Å². The highest BCUT2D eigenvalue weighted by Gasteiger charge is 2.68. The molecule has 0 aromatic heterocycles. The Labute approximate surface area is 126 Å². The van der Waals surface area contributed by atoms with Crippen molar-refractivity contribution in [2.24, 2.45) is 11.3 Å². The molecule has 0 spiro atoms. The molecule has 0 radical (unpaired) electrons. The van der Waals surface area contributed by atoms with Crippen LogP contribution in [-0.4, -0.2) is 30.1 Å². The second-order valence-electron chi connectivity index (χ2n) is 6.81. The maximum Gasteiger partial charge on any atom is 0.322 e. The Bertz CT molecular complexity index is 446. The molecule has 4 nitrogen and oxygen atoms in total. The van der Waals surface area contributed by atoms with Gasteiger partial charge in [-0.15, -0.1) is 0 Å². The fourth-order valence-electron chi connectivity index (χ4n) is 4.89. The number of carbonyl (C=O) groups is 2. The highest BCUT2D eigenvalue weighted by molar-refractivity contribution is 6.07. The topological polar surface area (TPSA) is 52.6 Å². The number of esters is 1. The van der Waals surface area contributed by atoms with Gasteiger partial charge in [-0.25, -0.2) is 0 Å². The number of hydrogen-bond donors (Lipinski definition) is 0. The van der Waals surface area contributed by atoms with Gasteiger partial charge in [-0.05, 0) is 39.0 Å². The molecule has 1 saturated carbocycles. The van der Waals surface area contributed by atoms with E-state index in [4.69, 9.17) is 9.47 Å². The molecule has 0 aromatic carbocycles. The van der Waals surface area contributed by atoms with E-state index in [1.54, 1.807) is 6.92 Å². The van der Waals surface area contributed by atoms with E-state index in [2.05, 4.69) is 6.92 Å². The molecule has 4 bridgehead atoms. The van der Waals surface area contributed by atoms with E-state index in [1.165, 1.54) is 0 Å². The molecule has 3 rings (SSSR count). The Morgan fingerprint density at radius 3 is 2.81 bits per heavy atom. The van der Waals surface area contributed by atoms with Crippen LogP contribution < -0.4 is 0 Å². The van der Waals surface area contributed by atoms with Crippen molar-refractivity contribution in [2.75, 3.05) is 6.61 Å². The molecule has 21 heavy (non-hydrogen) atoms. The summed E-state index contributed by atoms with van der Waals surface area (Å²) in [4.78, 5) is 25.8. The lowest BCUT2D eigenvalue weighted by molar-refractivity contribution is -0.200. The van der Waals surface area contributed by atoms with Crippen molar-refractivity contribution in [3.63, 3.8) is 0 Å². The van der Waals surface area contributed by atoms with Crippen molar-refractivity contribution < 1.29 is 19.1 Å². The number of ether oxygens (including phenoxy) is 2. The highest BCUT2D eigenvalue weighted by Crippen LogP contribution is 2.57. The fourth-order valence-corrected chi connectivity index (χ4v) is 4.89. The van der Waals surface area contributed by atoms with Crippen molar-refractivity contribution >= 4 is 11.8 Å². The van der Waals surface area contributed by atoms with E-state index in [1.807, 2.05) is 0 Å². The minimum Gasteiger partial charge on any atom is -0.465 e. The van der Waals surface area contributed by atoms with Crippen LogP contribution in [0.1, 0.15) is 65.2 Å². The second kappa shape index (κ2) is 5.38. The normalized spacial score (nSPS) is 41.7. The molecule has 4 heteroatoms. The average Bonchev–Trinajstić information content (AvgIpc) is 2.79. The van der Waals surface area contributed by atoms with Crippen LogP contribution in [-0.2, 0) is 19.1 Å². The molecule has 0 unspecified atom stereocenters. The predicted octanol–water partition coefficient (Wildman–Crippen LogP) is 3.03. The number of rotatable bonds is 4. The molecule has 0 N–H and O–H groups in total. The van der Waals surface area contributed by atoms with Crippen molar-refractivity contribution in [1.82, 2.24) is 0 Å². The van der Waals surface area contributed by atoms with E-state index < -0.39 is 5.41 Å². The lowest BCUT2D eigenvalue weighted by Gasteiger charge is -2.46. The van der Waals surface area contributed by atoms with Gasteiger partial charge in [-0.2, -0.15) is 0 Å². The SMILES string of the molecule is CCC[C@@]12CC[C@@H](O1)[C@@]1(C(=O)OCC)CCCC[C@@H]2C1=O. The Hall–Kier alpha value is -0.900. The molecule has 2 saturated heterocycles. The van der Waals surface area contributed by atoms with Crippen molar-refractivity contribution in [3.8, 4) is 0 Å². The third kappa shape index (κ3) is 1.98. The minimum atomic E-state index is -1.01. The first-order chi connectivity index (χ1) is 10.1. The molecule has 118 valence electrons. The van der Waals surface area contributed by atoms with Crippen LogP contribution in [0.4, 0.5) is 0 Å². The fraction of sp³-hybridized carbons (Fsp3) is 0.882. The molecule has 1 aliphatic carbocycles. The summed E-state index contributed by atoms with van der Waals surface area (Å²) in [5.41, 5.74) is -1.30. The van der Waals surface area contributed by atoms with Gasteiger partial charge < -0.3 is 9.47 Å². The maximum atomic E-state index is 13.2. The zero-order valence-corrected chi connectivity index (χ0v) is 13.2. The van der Waals surface area contributed by atoms with E-state index in [9.17, 15) is 9.59 Å². The zero-order chi connectivity index (χ0) is 15.1. The van der Waals surface area contributed by atoms with Crippen molar-refractivity contribution in [3.05, 3.63) is 0 Å². The number of hydrogen-bond acceptors (Lipinski definition) is 4. The first-order valence-electron chi connectivity index (χ1n) is 8.50. The van der Waals surface area contributed by atoms with Gasteiger partial charge in [-0.3, -0.25) is 9.59 Å². The van der Waals surface area contributed by atoms with Gasteiger partial charge in [0.25, 0.3) is 0 Å². The standard InChI is InChI=1S/C17H26O4/c1-3-9-16-11-8-13(21-16)17(15(19)20-4-2)10-6-5-7-12(16)14(17)18/h12-13H,3-11H2,1-2H3/t12-,13-,16+,17+/m1/s1. The Morgan fingerprint density at radius 2 is 2.10 bits per heavy atom. The predicted molar refractivity (Wildman–Crippen MR) is 77.8 cm³/mol. The van der Waals surface area contributed by atoms with Gasteiger partial charge in [-0.1, -0.05) is 26.2 Å². The van der Waals surface area contributed by atoms with Crippen LogP contribution in [0.3, 0.4) is 0 Å². The van der Waals surface area contributed by atoms with Gasteiger partial charge in [0.05, 0.1) is 18.3 Å². The summed E-state index contributed by atoms with van der Waals surface area (Å²) < 4.78 is 11.7. The Kier molecular flexibility index (Phi) is 3.85. The van der Waals surface area contributed by atoms with Crippen LogP contribution in [0.25, 0.3) is 0 Å².